The van der Waals surface area contributed by atoms with Gasteiger partial charge in [-0.2, -0.15) is 4.98 Å². The largest absolute Gasteiger partial charge is 0.356 e. The van der Waals surface area contributed by atoms with Crippen LogP contribution in [0.2, 0.25) is 0 Å². The Labute approximate surface area is 187 Å². The van der Waals surface area contributed by atoms with Gasteiger partial charge in [0.15, 0.2) is 0 Å². The zero-order valence-electron chi connectivity index (χ0n) is 17.2. The Kier molecular flexibility index (Phi) is 7.51. The van der Waals surface area contributed by atoms with E-state index in [4.69, 9.17) is 4.52 Å². The molecule has 7 nitrogen and oxygen atoms in total. The molecule has 0 unspecified atom stereocenters. The molecule has 1 heterocycles. The highest BCUT2D eigenvalue weighted by Gasteiger charge is 2.12. The Hall–Kier alpha value is -3.07. The molecule has 0 radical (unpaired) electrons. The third-order valence-corrected chi connectivity index (χ3v) is 5.09. The number of benzene rings is 2. The number of aromatic nitrogens is 2. The average molecular weight is 489 g/mol. The fourth-order valence-corrected chi connectivity index (χ4v) is 3.18. The molecule has 9 heteroatoms. The van der Waals surface area contributed by atoms with E-state index in [1.807, 2.05) is 25.1 Å². The predicted molar refractivity (Wildman–Crippen MR) is 118 cm³/mol. The summed E-state index contributed by atoms with van der Waals surface area (Å²) in [6.45, 7) is 3.79. The fourth-order valence-electron chi connectivity index (χ4n) is 2.82. The highest BCUT2D eigenvalue weighted by atomic mass is 79.9. The third kappa shape index (κ3) is 6.45. The first-order valence-corrected chi connectivity index (χ1v) is 10.5. The van der Waals surface area contributed by atoms with Crippen molar-refractivity contribution in [2.24, 2.45) is 0 Å². The summed E-state index contributed by atoms with van der Waals surface area (Å²) < 4.78 is 19.4. The predicted octanol–water partition coefficient (Wildman–Crippen LogP) is 4.33. The maximum atomic E-state index is 13.4. The molecule has 0 atom stereocenters. The van der Waals surface area contributed by atoms with Crippen LogP contribution in [0, 0.1) is 19.7 Å². The molecule has 1 aromatic heterocycles. The smallest absolute Gasteiger partial charge is 0.227 e. The first-order valence-electron chi connectivity index (χ1n) is 9.73. The number of halogens is 2. The van der Waals surface area contributed by atoms with Crippen LogP contribution < -0.4 is 10.6 Å². The van der Waals surface area contributed by atoms with Crippen LogP contribution in [0.1, 0.15) is 29.9 Å². The van der Waals surface area contributed by atoms with Gasteiger partial charge in [-0.1, -0.05) is 27.2 Å². The number of hydrogen-bond acceptors (Lipinski definition) is 5. The molecule has 162 valence electrons. The molecule has 2 N–H and O–H groups in total. The standard InChI is InChI=1S/C22H22BrFN4O3/c1-13-3-5-16(23)12-18(13)26-20(30)9-10-25-19(29)7-8-21-27-22(28-31-21)15-4-6-17(24)14(2)11-15/h3-6,11-12H,7-10H2,1-2H3,(H,25,29)(H,26,30). The molecule has 0 saturated carbocycles. The lowest BCUT2D eigenvalue weighted by Gasteiger charge is -2.09. The van der Waals surface area contributed by atoms with Crippen molar-refractivity contribution in [2.45, 2.75) is 33.1 Å². The Morgan fingerprint density at radius 2 is 1.87 bits per heavy atom. The van der Waals surface area contributed by atoms with Gasteiger partial charge in [0.2, 0.25) is 23.5 Å². The molecule has 0 bridgehead atoms. The number of nitrogens with one attached hydrogen (secondary N) is 2. The lowest BCUT2D eigenvalue weighted by atomic mass is 10.1. The molecule has 0 fully saturated rings. The number of rotatable bonds is 8. The summed E-state index contributed by atoms with van der Waals surface area (Å²) in [7, 11) is 0. The fraction of sp³-hybridized carbons (Fsp3) is 0.273. The van der Waals surface area contributed by atoms with Crippen molar-refractivity contribution in [2.75, 3.05) is 11.9 Å². The minimum Gasteiger partial charge on any atom is -0.356 e. The Morgan fingerprint density at radius 1 is 1.06 bits per heavy atom. The van der Waals surface area contributed by atoms with Gasteiger partial charge >= 0.3 is 0 Å². The van der Waals surface area contributed by atoms with Crippen LogP contribution in [0.25, 0.3) is 11.4 Å². The molecule has 0 spiro atoms. The number of aryl methyl sites for hydroxylation is 3. The molecular weight excluding hydrogens is 467 g/mol. The first-order chi connectivity index (χ1) is 14.8. The topological polar surface area (TPSA) is 97.1 Å². The molecule has 0 aliphatic carbocycles. The third-order valence-electron chi connectivity index (χ3n) is 4.60. The highest BCUT2D eigenvalue weighted by molar-refractivity contribution is 9.10. The number of nitrogens with zero attached hydrogens (tertiary/aromatic N) is 2. The van der Waals surface area contributed by atoms with Gasteiger partial charge in [0.05, 0.1) is 0 Å². The summed E-state index contributed by atoms with van der Waals surface area (Å²) in [6, 6.07) is 10.2. The second-order valence-electron chi connectivity index (χ2n) is 7.08. The van der Waals surface area contributed by atoms with E-state index in [0.717, 1.165) is 15.7 Å². The van der Waals surface area contributed by atoms with Crippen LogP contribution in [-0.2, 0) is 16.0 Å². The first kappa shape index (κ1) is 22.6. The molecule has 2 aromatic carbocycles. The van der Waals surface area contributed by atoms with E-state index in [2.05, 4.69) is 36.7 Å². The Morgan fingerprint density at radius 3 is 2.65 bits per heavy atom. The van der Waals surface area contributed by atoms with Crippen LogP contribution >= 0.6 is 15.9 Å². The van der Waals surface area contributed by atoms with E-state index in [0.29, 0.717) is 22.8 Å². The molecule has 31 heavy (non-hydrogen) atoms. The Balaban J connectivity index is 1.41. The van der Waals surface area contributed by atoms with Gasteiger partial charge in [-0.25, -0.2) is 4.39 Å². The van der Waals surface area contributed by atoms with Crippen LogP contribution in [0.5, 0.6) is 0 Å². The van der Waals surface area contributed by atoms with E-state index in [9.17, 15) is 14.0 Å². The van der Waals surface area contributed by atoms with Crippen molar-refractivity contribution in [3.8, 4) is 11.4 Å². The summed E-state index contributed by atoms with van der Waals surface area (Å²) in [5.41, 5.74) is 2.82. The number of amides is 2. The SMILES string of the molecule is Cc1cc(-c2noc(CCC(=O)NCCC(=O)Nc3cc(Br)ccc3C)n2)ccc1F. The van der Waals surface area contributed by atoms with Crippen LogP contribution in [-0.4, -0.2) is 28.5 Å². The molecule has 0 saturated heterocycles. The second-order valence-corrected chi connectivity index (χ2v) is 8.00. The number of carbonyl (C=O) groups is 2. The minimum absolute atomic E-state index is 0.149. The summed E-state index contributed by atoms with van der Waals surface area (Å²) in [6.07, 6.45) is 0.575. The average Bonchev–Trinajstić information content (AvgIpc) is 3.20. The van der Waals surface area contributed by atoms with Crippen molar-refractivity contribution < 1.29 is 18.5 Å². The lowest BCUT2D eigenvalue weighted by molar-refractivity contribution is -0.121. The molecule has 0 aliphatic heterocycles. The van der Waals surface area contributed by atoms with E-state index in [-0.39, 0.29) is 43.4 Å². The Bertz CT molecular complexity index is 1100. The van der Waals surface area contributed by atoms with Crippen molar-refractivity contribution in [1.29, 1.82) is 0 Å². The normalized spacial score (nSPS) is 10.7. The van der Waals surface area contributed by atoms with Crippen molar-refractivity contribution in [1.82, 2.24) is 15.5 Å². The maximum absolute atomic E-state index is 13.4. The van der Waals surface area contributed by atoms with Crippen LogP contribution in [0.3, 0.4) is 0 Å². The summed E-state index contributed by atoms with van der Waals surface area (Å²) in [4.78, 5) is 28.4. The van der Waals surface area contributed by atoms with Crippen molar-refractivity contribution >= 4 is 33.4 Å². The number of hydrogen-bond donors (Lipinski definition) is 2. The van der Waals surface area contributed by atoms with Crippen LogP contribution in [0.4, 0.5) is 10.1 Å². The lowest BCUT2D eigenvalue weighted by Crippen LogP contribution is -2.27. The van der Waals surface area contributed by atoms with E-state index in [1.165, 1.54) is 6.07 Å². The quantitative estimate of drug-likeness (QED) is 0.491. The van der Waals surface area contributed by atoms with Crippen molar-refractivity contribution in [3.05, 3.63) is 63.7 Å². The minimum atomic E-state index is -0.301. The van der Waals surface area contributed by atoms with Gasteiger partial charge in [0.25, 0.3) is 0 Å². The van der Waals surface area contributed by atoms with Crippen LogP contribution in [0.15, 0.2) is 45.4 Å². The van der Waals surface area contributed by atoms with Gasteiger partial charge in [-0.3, -0.25) is 9.59 Å². The molecule has 0 aliphatic rings. The number of carbonyl (C=O) groups excluding carboxylic acids is 2. The van der Waals surface area contributed by atoms with E-state index in [1.54, 1.807) is 19.1 Å². The van der Waals surface area contributed by atoms with Gasteiger partial charge < -0.3 is 15.2 Å². The van der Waals surface area contributed by atoms with Gasteiger partial charge in [0.1, 0.15) is 5.82 Å². The molecule has 3 rings (SSSR count). The summed E-state index contributed by atoms with van der Waals surface area (Å²) >= 11 is 3.37. The van der Waals surface area contributed by atoms with Gasteiger partial charge in [-0.15, -0.1) is 0 Å². The van der Waals surface area contributed by atoms with Gasteiger partial charge in [-0.05, 0) is 55.3 Å². The number of anilines is 1. The molecule has 3 aromatic rings. The maximum Gasteiger partial charge on any atom is 0.227 e. The second kappa shape index (κ2) is 10.3. The zero-order valence-corrected chi connectivity index (χ0v) is 18.8. The highest BCUT2D eigenvalue weighted by Crippen LogP contribution is 2.21. The molecule has 2 amide bonds. The monoisotopic (exact) mass is 488 g/mol. The van der Waals surface area contributed by atoms with E-state index < -0.39 is 0 Å². The summed E-state index contributed by atoms with van der Waals surface area (Å²) in [5.74, 6) is -0.0425. The molecular formula is C22H22BrFN4O3. The van der Waals surface area contributed by atoms with Crippen molar-refractivity contribution in [3.63, 3.8) is 0 Å². The van der Waals surface area contributed by atoms with Gasteiger partial charge in [0, 0.05) is 41.5 Å². The summed E-state index contributed by atoms with van der Waals surface area (Å²) in [5, 5.41) is 9.42. The zero-order chi connectivity index (χ0) is 22.4. The van der Waals surface area contributed by atoms with E-state index >= 15 is 0 Å².